The fourth-order valence-electron chi connectivity index (χ4n) is 1.45. The maximum absolute atomic E-state index is 12.5. The molecule has 2 rings (SSSR count). The Morgan fingerprint density at radius 3 is 2.59 bits per heavy atom. The minimum atomic E-state index is -4.39. The Kier molecular flexibility index (Phi) is 3.23. The zero-order valence-electron chi connectivity index (χ0n) is 8.80. The van der Waals surface area contributed by atoms with Crippen molar-refractivity contribution < 1.29 is 17.9 Å². The molecule has 6 heteroatoms. The molecule has 2 N–H and O–H groups in total. The van der Waals surface area contributed by atoms with E-state index in [0.717, 1.165) is 18.6 Å². The van der Waals surface area contributed by atoms with Gasteiger partial charge in [-0.3, -0.25) is 0 Å². The summed E-state index contributed by atoms with van der Waals surface area (Å²) in [7, 11) is 0. The summed E-state index contributed by atoms with van der Waals surface area (Å²) in [6, 6.07) is 3.13. The maximum atomic E-state index is 12.5. The van der Waals surface area contributed by atoms with Crippen molar-refractivity contribution in [1.29, 1.82) is 0 Å². The van der Waals surface area contributed by atoms with E-state index >= 15 is 0 Å². The molecular weight excluding hydrogens is 255 g/mol. The lowest BCUT2D eigenvalue weighted by atomic mass is 10.2. The van der Waals surface area contributed by atoms with Gasteiger partial charge >= 0.3 is 6.18 Å². The lowest BCUT2D eigenvalue weighted by molar-refractivity contribution is -0.137. The van der Waals surface area contributed by atoms with Gasteiger partial charge in [0.25, 0.3) is 0 Å². The van der Waals surface area contributed by atoms with Gasteiger partial charge in [-0.25, -0.2) is 0 Å². The number of hydrogen-bond acceptors (Lipinski definition) is 2. The Balaban J connectivity index is 2.09. The van der Waals surface area contributed by atoms with E-state index in [1.54, 1.807) is 0 Å². The summed E-state index contributed by atoms with van der Waals surface area (Å²) in [6.07, 6.45) is -3.55. The van der Waals surface area contributed by atoms with E-state index in [0.29, 0.717) is 6.61 Å². The van der Waals surface area contributed by atoms with Gasteiger partial charge in [-0.05, 0) is 24.6 Å². The zero-order chi connectivity index (χ0) is 12.6. The third-order valence-electron chi connectivity index (χ3n) is 2.69. The molecule has 2 atom stereocenters. The van der Waals surface area contributed by atoms with Crippen molar-refractivity contribution >= 4 is 11.6 Å². The van der Waals surface area contributed by atoms with E-state index in [1.165, 1.54) is 6.07 Å². The van der Waals surface area contributed by atoms with Crippen LogP contribution >= 0.6 is 11.6 Å². The van der Waals surface area contributed by atoms with Crippen LogP contribution in [0.3, 0.4) is 0 Å². The van der Waals surface area contributed by atoms with Crippen molar-refractivity contribution in [3.05, 3.63) is 28.8 Å². The molecule has 0 radical (unpaired) electrons. The summed E-state index contributed by atoms with van der Waals surface area (Å²) >= 11 is 5.76. The third kappa shape index (κ3) is 3.04. The molecule has 0 aliphatic heterocycles. The van der Waals surface area contributed by atoms with Crippen molar-refractivity contribution in [2.75, 3.05) is 6.61 Å². The first-order valence-corrected chi connectivity index (χ1v) is 5.51. The van der Waals surface area contributed by atoms with Crippen molar-refractivity contribution in [1.82, 2.24) is 0 Å². The Morgan fingerprint density at radius 2 is 2.06 bits per heavy atom. The monoisotopic (exact) mass is 265 g/mol. The van der Waals surface area contributed by atoms with E-state index < -0.39 is 11.7 Å². The minimum absolute atomic E-state index is 0.0561. The topological polar surface area (TPSA) is 35.2 Å². The van der Waals surface area contributed by atoms with Crippen molar-refractivity contribution in [2.24, 2.45) is 11.7 Å². The highest BCUT2D eigenvalue weighted by molar-refractivity contribution is 6.32. The smallest absolute Gasteiger partial charge is 0.416 e. The van der Waals surface area contributed by atoms with Crippen LogP contribution in [0.25, 0.3) is 0 Å². The van der Waals surface area contributed by atoms with Crippen LogP contribution < -0.4 is 10.5 Å². The number of halogens is 4. The largest absolute Gasteiger partial charge is 0.492 e. The van der Waals surface area contributed by atoms with Gasteiger partial charge in [-0.2, -0.15) is 13.2 Å². The van der Waals surface area contributed by atoms with Gasteiger partial charge in [0, 0.05) is 12.0 Å². The second-order valence-electron chi connectivity index (χ2n) is 4.11. The molecule has 1 aliphatic carbocycles. The Labute approximate surface area is 102 Å². The Bertz CT molecular complexity index is 422. The SMILES string of the molecule is NC1CC1COc1cc(C(F)(F)F)ccc1Cl. The molecule has 1 aromatic rings. The van der Waals surface area contributed by atoms with Crippen LogP contribution in [0.5, 0.6) is 5.75 Å². The molecule has 0 heterocycles. The number of hydrogen-bond donors (Lipinski definition) is 1. The molecule has 0 spiro atoms. The molecule has 0 aromatic heterocycles. The number of ether oxygens (including phenoxy) is 1. The highest BCUT2D eigenvalue weighted by atomic mass is 35.5. The summed E-state index contributed by atoms with van der Waals surface area (Å²) in [5, 5.41) is 0.173. The van der Waals surface area contributed by atoms with Crippen LogP contribution in [0.1, 0.15) is 12.0 Å². The first kappa shape index (κ1) is 12.5. The molecule has 0 saturated heterocycles. The predicted molar refractivity (Wildman–Crippen MR) is 58.0 cm³/mol. The van der Waals surface area contributed by atoms with Crippen LogP contribution in [0.15, 0.2) is 18.2 Å². The van der Waals surface area contributed by atoms with Gasteiger partial charge in [-0.1, -0.05) is 11.6 Å². The fourth-order valence-corrected chi connectivity index (χ4v) is 1.62. The second kappa shape index (κ2) is 4.38. The van der Waals surface area contributed by atoms with E-state index in [9.17, 15) is 13.2 Å². The Morgan fingerprint density at radius 1 is 1.41 bits per heavy atom. The fraction of sp³-hybridized carbons (Fsp3) is 0.455. The molecule has 1 saturated carbocycles. The predicted octanol–water partition coefficient (Wildman–Crippen LogP) is 3.08. The molecule has 1 fully saturated rings. The Hall–Kier alpha value is -0.940. The van der Waals surface area contributed by atoms with Crippen LogP contribution in [-0.4, -0.2) is 12.6 Å². The molecule has 17 heavy (non-hydrogen) atoms. The number of rotatable bonds is 3. The van der Waals surface area contributed by atoms with Gasteiger partial charge in [-0.15, -0.1) is 0 Å². The van der Waals surface area contributed by atoms with Gasteiger partial charge in [0.05, 0.1) is 17.2 Å². The van der Waals surface area contributed by atoms with Gasteiger partial charge in [0.2, 0.25) is 0 Å². The molecule has 0 bridgehead atoms. The number of benzene rings is 1. The zero-order valence-corrected chi connectivity index (χ0v) is 9.55. The molecule has 94 valence electrons. The average Bonchev–Trinajstić information content (AvgIpc) is 2.92. The first-order valence-electron chi connectivity index (χ1n) is 5.13. The van der Waals surface area contributed by atoms with Crippen LogP contribution in [0, 0.1) is 5.92 Å². The highest BCUT2D eigenvalue weighted by Gasteiger charge is 2.35. The minimum Gasteiger partial charge on any atom is -0.492 e. The maximum Gasteiger partial charge on any atom is 0.416 e. The summed E-state index contributed by atoms with van der Waals surface area (Å²) in [6.45, 7) is 0.308. The summed E-state index contributed by atoms with van der Waals surface area (Å²) in [4.78, 5) is 0. The molecule has 2 nitrogen and oxygen atoms in total. The molecule has 2 unspecified atom stereocenters. The lowest BCUT2D eigenvalue weighted by Crippen LogP contribution is -2.10. The summed E-state index contributed by atoms with van der Waals surface area (Å²) < 4.78 is 42.6. The quantitative estimate of drug-likeness (QED) is 0.911. The first-order chi connectivity index (χ1) is 7.88. The summed E-state index contributed by atoms with van der Waals surface area (Å²) in [5.74, 6) is 0.279. The third-order valence-corrected chi connectivity index (χ3v) is 3.00. The van der Waals surface area contributed by atoms with E-state index in [2.05, 4.69) is 0 Å². The molecular formula is C11H11ClF3NO. The molecule has 1 aromatic carbocycles. The van der Waals surface area contributed by atoms with Gasteiger partial charge in [0.1, 0.15) is 5.75 Å². The van der Waals surface area contributed by atoms with Crippen LogP contribution in [-0.2, 0) is 6.18 Å². The van der Waals surface area contributed by atoms with Crippen molar-refractivity contribution in [3.63, 3.8) is 0 Å². The molecule has 1 aliphatic rings. The average molecular weight is 266 g/mol. The van der Waals surface area contributed by atoms with E-state index in [-0.39, 0.29) is 22.7 Å². The standard InChI is InChI=1S/C11H11ClF3NO/c12-8-2-1-7(11(13,14)15)4-10(8)17-5-6-3-9(6)16/h1-2,4,6,9H,3,5,16H2. The van der Waals surface area contributed by atoms with Crippen LogP contribution in [0.4, 0.5) is 13.2 Å². The highest BCUT2D eigenvalue weighted by Crippen LogP contribution is 2.36. The molecule has 0 amide bonds. The van der Waals surface area contributed by atoms with Gasteiger partial charge < -0.3 is 10.5 Å². The van der Waals surface area contributed by atoms with E-state index in [1.807, 2.05) is 0 Å². The van der Waals surface area contributed by atoms with E-state index in [4.69, 9.17) is 22.1 Å². The van der Waals surface area contributed by atoms with Crippen LogP contribution in [0.2, 0.25) is 5.02 Å². The normalized spacial score (nSPS) is 23.6. The van der Waals surface area contributed by atoms with Crippen molar-refractivity contribution in [2.45, 2.75) is 18.6 Å². The number of alkyl halides is 3. The van der Waals surface area contributed by atoms with Crippen molar-refractivity contribution in [3.8, 4) is 5.75 Å². The number of nitrogens with two attached hydrogens (primary N) is 1. The lowest BCUT2D eigenvalue weighted by Gasteiger charge is -2.11. The second-order valence-corrected chi connectivity index (χ2v) is 4.52. The summed E-state index contributed by atoms with van der Waals surface area (Å²) in [5.41, 5.74) is 4.81. The van der Waals surface area contributed by atoms with Gasteiger partial charge in [0.15, 0.2) is 0 Å².